The molecule has 1 aromatic carbocycles. The number of carbonyl (C=O) groups excluding carboxylic acids is 1. The highest BCUT2D eigenvalue weighted by atomic mass is 35.5. The normalized spacial score (nSPS) is 15.9. The number of piperidine rings is 1. The predicted molar refractivity (Wildman–Crippen MR) is 123 cm³/mol. The van der Waals surface area contributed by atoms with E-state index in [4.69, 9.17) is 11.6 Å². The minimum atomic E-state index is -3.23. The summed E-state index contributed by atoms with van der Waals surface area (Å²) in [6.45, 7) is 5.51. The van der Waals surface area contributed by atoms with Crippen LogP contribution in [0.2, 0.25) is 5.15 Å². The van der Waals surface area contributed by atoms with Crippen molar-refractivity contribution in [3.8, 4) is 0 Å². The summed E-state index contributed by atoms with van der Waals surface area (Å²) < 4.78 is 26.6. The molecule has 1 aliphatic rings. The molecule has 2 heterocycles. The summed E-state index contributed by atoms with van der Waals surface area (Å²) in [5.41, 5.74) is 3.78. The fraction of sp³-hybridized carbons (Fsp3) is 0.455. The van der Waals surface area contributed by atoms with Gasteiger partial charge in [0, 0.05) is 37.8 Å². The van der Waals surface area contributed by atoms with Crippen LogP contribution in [-0.2, 0) is 21.4 Å². The minimum absolute atomic E-state index is 0.0697. The van der Waals surface area contributed by atoms with Gasteiger partial charge in [-0.2, -0.15) is 5.10 Å². The van der Waals surface area contributed by atoms with E-state index in [9.17, 15) is 13.2 Å². The number of aromatic nitrogens is 2. The van der Waals surface area contributed by atoms with Crippen LogP contribution in [0.3, 0.4) is 0 Å². The number of amides is 1. The van der Waals surface area contributed by atoms with Crippen molar-refractivity contribution in [2.75, 3.05) is 26.4 Å². The third kappa shape index (κ3) is 5.75. The second kappa shape index (κ2) is 9.54. The van der Waals surface area contributed by atoms with Gasteiger partial charge in [-0.15, -0.1) is 0 Å². The topological polar surface area (TPSA) is 75.5 Å². The molecule has 31 heavy (non-hydrogen) atoms. The summed E-state index contributed by atoms with van der Waals surface area (Å²) in [6.07, 6.45) is 5.69. The molecule has 1 fully saturated rings. The number of sulfonamides is 1. The van der Waals surface area contributed by atoms with Gasteiger partial charge in [-0.25, -0.2) is 17.4 Å². The average Bonchev–Trinajstić information content (AvgIpc) is 2.99. The van der Waals surface area contributed by atoms with Crippen molar-refractivity contribution in [1.29, 1.82) is 0 Å². The Kier molecular flexibility index (Phi) is 7.24. The van der Waals surface area contributed by atoms with Crippen molar-refractivity contribution in [2.24, 2.45) is 0 Å². The summed E-state index contributed by atoms with van der Waals surface area (Å²) in [5.74, 6) is -0.109. The SMILES string of the molecule is Cc1ccc(Cn2nc(C)c(/C=C/C(=O)N3CCC(N(C)S(C)(=O)=O)CC3)c2Cl)cc1. The van der Waals surface area contributed by atoms with Gasteiger partial charge in [0.05, 0.1) is 18.5 Å². The highest BCUT2D eigenvalue weighted by Crippen LogP contribution is 2.23. The summed E-state index contributed by atoms with van der Waals surface area (Å²) in [7, 11) is -1.63. The van der Waals surface area contributed by atoms with E-state index in [-0.39, 0.29) is 11.9 Å². The van der Waals surface area contributed by atoms with Gasteiger partial charge < -0.3 is 4.90 Å². The number of benzene rings is 1. The van der Waals surface area contributed by atoms with Crippen molar-refractivity contribution in [1.82, 2.24) is 19.0 Å². The van der Waals surface area contributed by atoms with Crippen molar-refractivity contribution in [2.45, 2.75) is 39.3 Å². The van der Waals surface area contributed by atoms with E-state index in [1.54, 1.807) is 22.7 Å². The molecule has 3 rings (SSSR count). The smallest absolute Gasteiger partial charge is 0.246 e. The summed E-state index contributed by atoms with van der Waals surface area (Å²) in [4.78, 5) is 14.4. The van der Waals surface area contributed by atoms with Gasteiger partial charge in [0.15, 0.2) is 0 Å². The molecule has 0 N–H and O–H groups in total. The van der Waals surface area contributed by atoms with E-state index in [0.717, 1.165) is 16.8 Å². The maximum Gasteiger partial charge on any atom is 0.246 e. The van der Waals surface area contributed by atoms with Gasteiger partial charge in [0.25, 0.3) is 0 Å². The monoisotopic (exact) mass is 464 g/mol. The zero-order valence-corrected chi connectivity index (χ0v) is 19.9. The molecule has 0 unspecified atom stereocenters. The van der Waals surface area contributed by atoms with Crippen LogP contribution in [0.4, 0.5) is 0 Å². The molecular formula is C22H29ClN4O3S. The van der Waals surface area contributed by atoms with Crippen LogP contribution in [0.15, 0.2) is 30.3 Å². The molecule has 0 saturated carbocycles. The Bertz CT molecular complexity index is 1070. The van der Waals surface area contributed by atoms with E-state index in [2.05, 4.69) is 17.2 Å². The number of likely N-dealkylation sites (tertiary alicyclic amines) is 1. The standard InChI is InChI=1S/C22H29ClN4O3S/c1-16-5-7-18(8-6-16)15-27-22(23)20(17(2)24-27)9-10-21(28)26-13-11-19(12-14-26)25(3)31(4,29)30/h5-10,19H,11-15H2,1-4H3/b10-9+. The van der Waals surface area contributed by atoms with Gasteiger partial charge in [0.1, 0.15) is 5.15 Å². The van der Waals surface area contributed by atoms with Gasteiger partial charge in [-0.3, -0.25) is 4.79 Å². The molecule has 168 valence electrons. The largest absolute Gasteiger partial charge is 0.339 e. The molecule has 0 atom stereocenters. The highest BCUT2D eigenvalue weighted by molar-refractivity contribution is 7.88. The van der Waals surface area contributed by atoms with E-state index in [1.807, 2.05) is 26.0 Å². The molecule has 0 spiro atoms. The number of aryl methyl sites for hydroxylation is 2. The molecule has 9 heteroatoms. The fourth-order valence-corrected chi connectivity index (χ4v) is 4.76. The zero-order valence-electron chi connectivity index (χ0n) is 18.4. The van der Waals surface area contributed by atoms with Crippen molar-refractivity contribution >= 4 is 33.6 Å². The summed E-state index contributed by atoms with van der Waals surface area (Å²) >= 11 is 6.54. The van der Waals surface area contributed by atoms with Crippen LogP contribution in [0.1, 0.15) is 35.2 Å². The molecule has 2 aromatic rings. The van der Waals surface area contributed by atoms with Crippen molar-refractivity contribution in [3.05, 3.63) is 57.9 Å². The molecular weight excluding hydrogens is 436 g/mol. The van der Waals surface area contributed by atoms with E-state index in [1.165, 1.54) is 22.2 Å². The van der Waals surface area contributed by atoms with E-state index in [0.29, 0.717) is 37.6 Å². The van der Waals surface area contributed by atoms with Crippen LogP contribution in [0.25, 0.3) is 6.08 Å². The lowest BCUT2D eigenvalue weighted by Crippen LogP contribution is -2.46. The average molecular weight is 465 g/mol. The Hall–Kier alpha value is -2.16. The molecule has 0 radical (unpaired) electrons. The van der Waals surface area contributed by atoms with Gasteiger partial charge in [-0.1, -0.05) is 41.4 Å². The van der Waals surface area contributed by atoms with E-state index >= 15 is 0 Å². The molecule has 1 saturated heterocycles. The number of hydrogen-bond acceptors (Lipinski definition) is 4. The highest BCUT2D eigenvalue weighted by Gasteiger charge is 2.28. The molecule has 1 aromatic heterocycles. The van der Waals surface area contributed by atoms with Crippen LogP contribution in [-0.4, -0.2) is 65.7 Å². The van der Waals surface area contributed by atoms with E-state index < -0.39 is 10.0 Å². The Morgan fingerprint density at radius 2 is 1.84 bits per heavy atom. The summed E-state index contributed by atoms with van der Waals surface area (Å²) in [6, 6.07) is 8.13. The lowest BCUT2D eigenvalue weighted by Gasteiger charge is -2.35. The Morgan fingerprint density at radius 3 is 2.42 bits per heavy atom. The maximum atomic E-state index is 12.6. The third-order valence-electron chi connectivity index (χ3n) is 5.77. The first-order valence-corrected chi connectivity index (χ1v) is 12.5. The first-order valence-electron chi connectivity index (χ1n) is 10.2. The molecule has 0 bridgehead atoms. The zero-order chi connectivity index (χ0) is 22.8. The quantitative estimate of drug-likeness (QED) is 0.615. The van der Waals surface area contributed by atoms with Crippen molar-refractivity contribution < 1.29 is 13.2 Å². The Morgan fingerprint density at radius 1 is 1.23 bits per heavy atom. The third-order valence-corrected chi connectivity index (χ3v) is 7.51. The predicted octanol–water partition coefficient (Wildman–Crippen LogP) is 3.10. The van der Waals surface area contributed by atoms with Crippen LogP contribution in [0, 0.1) is 13.8 Å². The Labute approximate surface area is 189 Å². The Balaban J connectivity index is 1.63. The summed E-state index contributed by atoms with van der Waals surface area (Å²) in [5, 5.41) is 5.01. The number of rotatable bonds is 6. The number of hydrogen-bond donors (Lipinski definition) is 0. The second-order valence-corrected chi connectivity index (χ2v) is 10.5. The van der Waals surface area contributed by atoms with Crippen LogP contribution < -0.4 is 0 Å². The van der Waals surface area contributed by atoms with Crippen molar-refractivity contribution in [3.63, 3.8) is 0 Å². The maximum absolute atomic E-state index is 12.6. The first kappa shape index (κ1) is 23.5. The van der Waals surface area contributed by atoms with Crippen LogP contribution >= 0.6 is 11.6 Å². The molecule has 0 aliphatic carbocycles. The lowest BCUT2D eigenvalue weighted by atomic mass is 10.1. The first-order chi connectivity index (χ1) is 14.6. The minimum Gasteiger partial charge on any atom is -0.339 e. The van der Waals surface area contributed by atoms with Gasteiger partial charge >= 0.3 is 0 Å². The number of halogens is 1. The number of nitrogens with zero attached hydrogens (tertiary/aromatic N) is 4. The number of carbonyl (C=O) groups is 1. The molecule has 1 aliphatic heterocycles. The van der Waals surface area contributed by atoms with Crippen LogP contribution in [0.5, 0.6) is 0 Å². The lowest BCUT2D eigenvalue weighted by molar-refractivity contribution is -0.127. The second-order valence-electron chi connectivity index (χ2n) is 8.10. The molecule has 7 nitrogen and oxygen atoms in total. The van der Waals surface area contributed by atoms with Gasteiger partial charge in [0.2, 0.25) is 15.9 Å². The fourth-order valence-electron chi connectivity index (χ4n) is 3.71. The molecule has 1 amide bonds. The van der Waals surface area contributed by atoms with Gasteiger partial charge in [-0.05, 0) is 38.3 Å².